The van der Waals surface area contributed by atoms with Gasteiger partial charge in [-0.3, -0.25) is 14.5 Å². The van der Waals surface area contributed by atoms with E-state index in [0.717, 1.165) is 50.2 Å². The van der Waals surface area contributed by atoms with Crippen LogP contribution in [0.15, 0.2) is 24.3 Å². The lowest BCUT2D eigenvalue weighted by atomic mass is 9.94. The van der Waals surface area contributed by atoms with E-state index in [1.807, 2.05) is 28.0 Å². The van der Waals surface area contributed by atoms with E-state index in [2.05, 4.69) is 17.9 Å². The third kappa shape index (κ3) is 3.81. The highest BCUT2D eigenvalue weighted by molar-refractivity contribution is 5.83. The van der Waals surface area contributed by atoms with Crippen molar-refractivity contribution in [3.05, 3.63) is 29.8 Å². The molecule has 27 heavy (non-hydrogen) atoms. The number of carbonyl (C=O) groups excluding carboxylic acids is 2. The van der Waals surface area contributed by atoms with Crippen molar-refractivity contribution in [2.75, 3.05) is 39.3 Å². The molecule has 2 amide bonds. The van der Waals surface area contributed by atoms with E-state index in [1.54, 1.807) is 0 Å². The van der Waals surface area contributed by atoms with Crippen molar-refractivity contribution in [2.24, 2.45) is 5.92 Å². The molecule has 2 bridgehead atoms. The van der Waals surface area contributed by atoms with Crippen LogP contribution in [0.3, 0.4) is 0 Å². The van der Waals surface area contributed by atoms with E-state index in [0.29, 0.717) is 26.2 Å². The molecule has 146 valence electrons. The lowest BCUT2D eigenvalue weighted by Gasteiger charge is -2.35. The Hall–Kier alpha value is -2.08. The second kappa shape index (κ2) is 7.89. The fourth-order valence-electron chi connectivity index (χ4n) is 4.59. The molecule has 3 fully saturated rings. The van der Waals surface area contributed by atoms with Gasteiger partial charge >= 0.3 is 0 Å². The van der Waals surface area contributed by atoms with E-state index in [1.165, 1.54) is 0 Å². The van der Waals surface area contributed by atoms with Crippen LogP contribution in [0.5, 0.6) is 5.75 Å². The van der Waals surface area contributed by atoms with Crippen LogP contribution in [-0.2, 0) is 16.1 Å². The summed E-state index contributed by atoms with van der Waals surface area (Å²) in [5, 5.41) is 0. The summed E-state index contributed by atoms with van der Waals surface area (Å²) in [7, 11) is 0. The van der Waals surface area contributed by atoms with Gasteiger partial charge in [-0.25, -0.2) is 0 Å². The summed E-state index contributed by atoms with van der Waals surface area (Å²) in [5.74, 6) is 1.28. The molecule has 6 heteroatoms. The van der Waals surface area contributed by atoms with Gasteiger partial charge in [0.25, 0.3) is 0 Å². The average Bonchev–Trinajstić information content (AvgIpc) is 3.06. The summed E-state index contributed by atoms with van der Waals surface area (Å²) < 4.78 is 5.81. The number of fused-ring (bicyclic) bond motifs is 5. The summed E-state index contributed by atoms with van der Waals surface area (Å²) in [6, 6.07) is 8.22. The molecule has 4 heterocycles. The topological polar surface area (TPSA) is 53.1 Å². The number of nitrogens with zero attached hydrogens (tertiary/aromatic N) is 3. The molecule has 0 N–H and O–H groups in total. The molecule has 3 saturated heterocycles. The molecule has 1 aromatic carbocycles. The summed E-state index contributed by atoms with van der Waals surface area (Å²) >= 11 is 0. The van der Waals surface area contributed by atoms with Gasteiger partial charge in [0, 0.05) is 44.3 Å². The second-order valence-corrected chi connectivity index (χ2v) is 7.93. The average molecular weight is 371 g/mol. The SMILES string of the molecule is CCCN1C(=O)[C@@H]2CC[C@H]1CN(C(=O)CN1CCOc3ccccc3C1)C2. The number of hydrogen-bond acceptors (Lipinski definition) is 4. The number of rotatable bonds is 4. The molecule has 0 aliphatic carbocycles. The summed E-state index contributed by atoms with van der Waals surface area (Å²) in [4.78, 5) is 31.9. The Morgan fingerprint density at radius 1 is 1.22 bits per heavy atom. The Labute approximate surface area is 161 Å². The first-order chi connectivity index (χ1) is 13.2. The highest BCUT2D eigenvalue weighted by Crippen LogP contribution is 2.29. The Morgan fingerprint density at radius 2 is 2.07 bits per heavy atom. The molecule has 6 nitrogen and oxygen atoms in total. The first-order valence-corrected chi connectivity index (χ1v) is 10.2. The van der Waals surface area contributed by atoms with Crippen LogP contribution < -0.4 is 4.74 Å². The van der Waals surface area contributed by atoms with Crippen molar-refractivity contribution >= 4 is 11.8 Å². The molecule has 4 aliphatic heterocycles. The Balaban J connectivity index is 1.42. The minimum Gasteiger partial charge on any atom is -0.492 e. The highest BCUT2D eigenvalue weighted by atomic mass is 16.5. The van der Waals surface area contributed by atoms with Crippen molar-refractivity contribution < 1.29 is 14.3 Å². The Kier molecular flexibility index (Phi) is 5.34. The molecule has 5 rings (SSSR count). The fourth-order valence-corrected chi connectivity index (χ4v) is 4.59. The maximum Gasteiger partial charge on any atom is 0.236 e. The van der Waals surface area contributed by atoms with E-state index >= 15 is 0 Å². The van der Waals surface area contributed by atoms with Gasteiger partial charge in [0.1, 0.15) is 12.4 Å². The van der Waals surface area contributed by atoms with Crippen molar-refractivity contribution in [2.45, 2.75) is 38.8 Å². The standard InChI is InChI=1S/C21H29N3O3/c1-2-9-24-18-8-7-17(21(24)26)13-23(14-18)20(25)15-22-10-11-27-19-6-4-3-5-16(19)12-22/h3-6,17-18H,2,7-15H2,1H3/t17-,18+/m1/s1. The number of hydrogen-bond donors (Lipinski definition) is 0. The third-order valence-electron chi connectivity index (χ3n) is 6.00. The molecule has 0 aromatic heterocycles. The third-order valence-corrected chi connectivity index (χ3v) is 6.00. The van der Waals surface area contributed by atoms with Crippen molar-refractivity contribution in [3.8, 4) is 5.75 Å². The van der Waals surface area contributed by atoms with E-state index in [-0.39, 0.29) is 23.8 Å². The molecule has 1 aromatic rings. The molecule has 4 aliphatic rings. The second-order valence-electron chi connectivity index (χ2n) is 7.93. The normalized spacial score (nSPS) is 25.6. The lowest BCUT2D eigenvalue weighted by Crippen LogP contribution is -2.48. The first kappa shape index (κ1) is 18.3. The van der Waals surface area contributed by atoms with Crippen LogP contribution in [0.2, 0.25) is 0 Å². The van der Waals surface area contributed by atoms with Crippen molar-refractivity contribution in [1.29, 1.82) is 0 Å². The van der Waals surface area contributed by atoms with Gasteiger partial charge in [-0.2, -0.15) is 0 Å². The Morgan fingerprint density at radius 3 is 2.93 bits per heavy atom. The van der Waals surface area contributed by atoms with Gasteiger partial charge in [-0.1, -0.05) is 25.1 Å². The summed E-state index contributed by atoms with van der Waals surface area (Å²) in [6.07, 6.45) is 2.90. The van der Waals surface area contributed by atoms with Crippen LogP contribution in [0.25, 0.3) is 0 Å². The van der Waals surface area contributed by atoms with Crippen molar-refractivity contribution in [3.63, 3.8) is 0 Å². The molecule has 0 saturated carbocycles. The zero-order valence-corrected chi connectivity index (χ0v) is 16.1. The number of ether oxygens (including phenoxy) is 1. The molecule has 0 radical (unpaired) electrons. The molecular weight excluding hydrogens is 342 g/mol. The van der Waals surface area contributed by atoms with Gasteiger partial charge in [0.15, 0.2) is 0 Å². The van der Waals surface area contributed by atoms with E-state index in [9.17, 15) is 9.59 Å². The van der Waals surface area contributed by atoms with Gasteiger partial charge in [0.2, 0.25) is 11.8 Å². The summed E-state index contributed by atoms with van der Waals surface area (Å²) in [5.41, 5.74) is 1.13. The predicted molar refractivity (Wildman–Crippen MR) is 102 cm³/mol. The van der Waals surface area contributed by atoms with Crippen molar-refractivity contribution in [1.82, 2.24) is 14.7 Å². The first-order valence-electron chi connectivity index (χ1n) is 10.2. The predicted octanol–water partition coefficient (Wildman–Crippen LogP) is 1.74. The minimum atomic E-state index is -0.0209. The van der Waals surface area contributed by atoms with Crippen LogP contribution >= 0.6 is 0 Å². The number of piperidine rings is 1. The Bertz CT molecular complexity index is 708. The van der Waals surface area contributed by atoms with E-state index in [4.69, 9.17) is 4.74 Å². The molecule has 0 unspecified atom stereocenters. The monoisotopic (exact) mass is 371 g/mol. The fraction of sp³-hybridized carbons (Fsp3) is 0.619. The number of carbonyl (C=O) groups is 2. The quantitative estimate of drug-likeness (QED) is 0.809. The van der Waals surface area contributed by atoms with Gasteiger partial charge in [0.05, 0.1) is 12.5 Å². The lowest BCUT2D eigenvalue weighted by molar-refractivity contribution is -0.139. The largest absolute Gasteiger partial charge is 0.492 e. The van der Waals surface area contributed by atoms with E-state index < -0.39 is 0 Å². The maximum absolute atomic E-state index is 13.0. The zero-order valence-electron chi connectivity index (χ0n) is 16.1. The van der Waals surface area contributed by atoms with Gasteiger partial charge in [-0.05, 0) is 25.3 Å². The van der Waals surface area contributed by atoms with Crippen LogP contribution in [0.1, 0.15) is 31.7 Å². The smallest absolute Gasteiger partial charge is 0.236 e. The van der Waals surface area contributed by atoms with Crippen LogP contribution in [0.4, 0.5) is 0 Å². The van der Waals surface area contributed by atoms with Crippen LogP contribution in [0, 0.1) is 5.92 Å². The minimum absolute atomic E-state index is 0.0209. The maximum atomic E-state index is 13.0. The molecule has 2 atom stereocenters. The number of benzene rings is 1. The zero-order chi connectivity index (χ0) is 18.8. The number of para-hydroxylation sites is 1. The van der Waals surface area contributed by atoms with Gasteiger partial charge < -0.3 is 14.5 Å². The van der Waals surface area contributed by atoms with Crippen LogP contribution in [-0.4, -0.2) is 71.9 Å². The van der Waals surface area contributed by atoms with Gasteiger partial charge in [-0.15, -0.1) is 0 Å². The number of amides is 2. The highest BCUT2D eigenvalue weighted by Gasteiger charge is 2.41. The summed E-state index contributed by atoms with van der Waals surface area (Å²) in [6.45, 7) is 6.62. The molecule has 0 spiro atoms. The molecular formula is C21H29N3O3.